The predicted molar refractivity (Wildman–Crippen MR) is 95.8 cm³/mol. The quantitative estimate of drug-likeness (QED) is 0.737. The van der Waals surface area contributed by atoms with Crippen LogP contribution in [0.5, 0.6) is 5.88 Å². The second kappa shape index (κ2) is 6.95. The van der Waals surface area contributed by atoms with Gasteiger partial charge in [-0.25, -0.2) is 9.97 Å². The monoisotopic (exact) mass is 349 g/mol. The van der Waals surface area contributed by atoms with Crippen LogP contribution in [0.1, 0.15) is 33.7 Å². The highest BCUT2D eigenvalue weighted by molar-refractivity contribution is 5.94. The molecule has 1 aliphatic rings. The Kier molecular flexibility index (Phi) is 4.35. The lowest BCUT2D eigenvalue weighted by Crippen LogP contribution is -2.23. The number of fused-ring (bicyclic) bond motifs is 1. The van der Waals surface area contributed by atoms with E-state index in [4.69, 9.17) is 4.74 Å². The van der Waals surface area contributed by atoms with E-state index in [9.17, 15) is 4.79 Å². The van der Waals surface area contributed by atoms with Gasteiger partial charge in [-0.15, -0.1) is 0 Å². The van der Waals surface area contributed by atoms with Gasteiger partial charge in [0.05, 0.1) is 19.3 Å². The fourth-order valence-electron chi connectivity index (χ4n) is 3.25. The van der Waals surface area contributed by atoms with Crippen molar-refractivity contribution in [3.8, 4) is 17.1 Å². The van der Waals surface area contributed by atoms with Crippen molar-refractivity contribution in [2.24, 2.45) is 0 Å². The minimum Gasteiger partial charge on any atom is -0.479 e. The number of hydrogen-bond acceptors (Lipinski definition) is 5. The van der Waals surface area contributed by atoms with Crippen LogP contribution in [0.3, 0.4) is 0 Å². The first kappa shape index (κ1) is 16.3. The number of amides is 1. The molecule has 26 heavy (non-hydrogen) atoms. The van der Waals surface area contributed by atoms with Gasteiger partial charge < -0.3 is 10.1 Å². The lowest BCUT2D eigenvalue weighted by molar-refractivity contribution is 0.0950. The maximum atomic E-state index is 12.4. The fraction of sp³-hybridized carbons (Fsp3) is 0.263. The lowest BCUT2D eigenvalue weighted by Gasteiger charge is -2.08. The maximum Gasteiger partial charge on any atom is 0.251 e. The van der Waals surface area contributed by atoms with E-state index in [1.54, 1.807) is 31.6 Å². The summed E-state index contributed by atoms with van der Waals surface area (Å²) in [4.78, 5) is 20.9. The topological polar surface area (TPSA) is 92.8 Å². The van der Waals surface area contributed by atoms with Crippen molar-refractivity contribution in [3.05, 3.63) is 59.2 Å². The van der Waals surface area contributed by atoms with Crippen LogP contribution in [-0.2, 0) is 19.4 Å². The number of benzene rings is 1. The summed E-state index contributed by atoms with van der Waals surface area (Å²) in [6, 6.07) is 7.23. The zero-order valence-corrected chi connectivity index (χ0v) is 14.5. The summed E-state index contributed by atoms with van der Waals surface area (Å²) in [7, 11) is 1.56. The molecular weight excluding hydrogens is 330 g/mol. The number of aromatic amines is 1. The van der Waals surface area contributed by atoms with Crippen LogP contribution in [0.2, 0.25) is 0 Å². The Labute approximate surface area is 150 Å². The van der Waals surface area contributed by atoms with Gasteiger partial charge in [0.1, 0.15) is 5.69 Å². The van der Waals surface area contributed by atoms with Crippen molar-refractivity contribution >= 4 is 5.91 Å². The van der Waals surface area contributed by atoms with Crippen LogP contribution >= 0.6 is 0 Å². The molecule has 0 fully saturated rings. The molecule has 0 aliphatic heterocycles. The van der Waals surface area contributed by atoms with E-state index >= 15 is 0 Å². The molecule has 1 aromatic carbocycles. The van der Waals surface area contributed by atoms with Gasteiger partial charge >= 0.3 is 0 Å². The van der Waals surface area contributed by atoms with Crippen molar-refractivity contribution in [2.45, 2.75) is 25.8 Å². The molecule has 0 radical (unpaired) electrons. The Balaban J connectivity index is 1.45. The lowest BCUT2D eigenvalue weighted by atomic mass is 10.1. The van der Waals surface area contributed by atoms with Gasteiger partial charge in [-0.05, 0) is 37.0 Å². The average molecular weight is 349 g/mol. The first-order chi connectivity index (χ1) is 12.8. The minimum atomic E-state index is -0.127. The first-order valence-electron chi connectivity index (χ1n) is 8.55. The summed E-state index contributed by atoms with van der Waals surface area (Å²) in [5.74, 6) is 0.328. The smallest absolute Gasteiger partial charge is 0.251 e. The number of carbonyl (C=O) groups excluding carboxylic acids is 1. The summed E-state index contributed by atoms with van der Waals surface area (Å²) in [6.45, 7) is 0.435. The van der Waals surface area contributed by atoms with Crippen molar-refractivity contribution in [2.75, 3.05) is 7.11 Å². The van der Waals surface area contributed by atoms with Gasteiger partial charge in [-0.3, -0.25) is 9.89 Å². The van der Waals surface area contributed by atoms with Crippen molar-refractivity contribution < 1.29 is 9.53 Å². The number of methoxy groups -OCH3 is 1. The van der Waals surface area contributed by atoms with E-state index in [1.807, 2.05) is 12.1 Å². The van der Waals surface area contributed by atoms with E-state index < -0.39 is 0 Å². The Bertz CT molecular complexity index is 933. The van der Waals surface area contributed by atoms with Crippen molar-refractivity contribution in [1.29, 1.82) is 0 Å². The summed E-state index contributed by atoms with van der Waals surface area (Å²) >= 11 is 0. The molecular formula is C19H19N5O2. The third-order valence-corrected chi connectivity index (χ3v) is 4.59. The van der Waals surface area contributed by atoms with Crippen molar-refractivity contribution in [3.63, 3.8) is 0 Å². The molecule has 0 bridgehead atoms. The van der Waals surface area contributed by atoms with Crippen LogP contribution in [0, 0.1) is 0 Å². The summed E-state index contributed by atoms with van der Waals surface area (Å²) in [6.07, 6.45) is 6.42. The van der Waals surface area contributed by atoms with E-state index in [0.29, 0.717) is 23.7 Å². The third kappa shape index (κ3) is 3.03. The SMILES string of the molecule is COc1nccnc1-c1ccc(C(=O)NCc2n[nH]c3c2CCC3)cc1. The molecule has 7 heteroatoms. The number of nitrogens with zero attached hydrogens (tertiary/aromatic N) is 3. The molecule has 2 aromatic heterocycles. The van der Waals surface area contributed by atoms with Crippen LogP contribution < -0.4 is 10.1 Å². The second-order valence-corrected chi connectivity index (χ2v) is 6.16. The molecule has 0 spiro atoms. The highest BCUT2D eigenvalue weighted by Gasteiger charge is 2.18. The Hall–Kier alpha value is -3.22. The largest absolute Gasteiger partial charge is 0.479 e. The predicted octanol–water partition coefficient (Wildman–Crippen LogP) is 2.29. The van der Waals surface area contributed by atoms with Crippen LogP contribution in [0.25, 0.3) is 11.3 Å². The summed E-state index contributed by atoms with van der Waals surface area (Å²) in [5, 5.41) is 10.3. The van der Waals surface area contributed by atoms with Crippen LogP contribution in [0.15, 0.2) is 36.7 Å². The Morgan fingerprint density at radius 1 is 1.19 bits per heavy atom. The molecule has 3 aromatic rings. The summed E-state index contributed by atoms with van der Waals surface area (Å²) in [5.41, 5.74) is 5.48. The number of aryl methyl sites for hydroxylation is 1. The van der Waals surface area contributed by atoms with Gasteiger partial charge in [0, 0.05) is 29.2 Å². The molecule has 2 N–H and O–H groups in total. The van der Waals surface area contributed by atoms with E-state index in [0.717, 1.165) is 30.5 Å². The normalized spacial score (nSPS) is 12.7. The van der Waals surface area contributed by atoms with Crippen LogP contribution in [-0.4, -0.2) is 33.2 Å². The second-order valence-electron chi connectivity index (χ2n) is 6.16. The number of hydrogen-bond donors (Lipinski definition) is 2. The molecule has 1 amide bonds. The first-order valence-corrected chi connectivity index (χ1v) is 8.55. The zero-order valence-electron chi connectivity index (χ0n) is 14.5. The number of ether oxygens (including phenoxy) is 1. The molecule has 132 valence electrons. The van der Waals surface area contributed by atoms with Gasteiger partial charge in [-0.1, -0.05) is 12.1 Å². The van der Waals surface area contributed by atoms with Gasteiger partial charge in [0.25, 0.3) is 5.91 Å². The van der Waals surface area contributed by atoms with Gasteiger partial charge in [-0.2, -0.15) is 5.10 Å². The summed E-state index contributed by atoms with van der Waals surface area (Å²) < 4.78 is 5.23. The van der Waals surface area contributed by atoms with E-state index in [-0.39, 0.29) is 5.91 Å². The fourth-order valence-corrected chi connectivity index (χ4v) is 3.25. The van der Waals surface area contributed by atoms with E-state index in [2.05, 4.69) is 25.5 Å². The third-order valence-electron chi connectivity index (χ3n) is 4.59. The van der Waals surface area contributed by atoms with Crippen molar-refractivity contribution in [1.82, 2.24) is 25.5 Å². The number of carbonyl (C=O) groups is 1. The average Bonchev–Trinajstić information content (AvgIpc) is 3.30. The molecule has 2 heterocycles. The molecule has 0 unspecified atom stereocenters. The van der Waals surface area contributed by atoms with Crippen LogP contribution in [0.4, 0.5) is 0 Å². The Morgan fingerprint density at radius 2 is 2.00 bits per heavy atom. The molecule has 0 saturated carbocycles. The molecule has 4 rings (SSSR count). The standard InChI is InChI=1S/C19H19N5O2/c1-26-19-17(20-9-10-21-19)12-5-7-13(8-6-12)18(25)22-11-16-14-3-2-4-15(14)23-24-16/h5-10H,2-4,11H2,1H3,(H,22,25)(H,23,24). The highest BCUT2D eigenvalue weighted by Crippen LogP contribution is 2.25. The maximum absolute atomic E-state index is 12.4. The van der Waals surface area contributed by atoms with Gasteiger partial charge in [0.2, 0.25) is 5.88 Å². The van der Waals surface area contributed by atoms with E-state index in [1.165, 1.54) is 11.3 Å². The molecule has 0 saturated heterocycles. The number of nitrogens with one attached hydrogen (secondary N) is 2. The highest BCUT2D eigenvalue weighted by atomic mass is 16.5. The molecule has 1 aliphatic carbocycles. The van der Waals surface area contributed by atoms with Gasteiger partial charge in [0.15, 0.2) is 0 Å². The Morgan fingerprint density at radius 3 is 2.81 bits per heavy atom. The minimum absolute atomic E-state index is 0.127. The molecule has 7 nitrogen and oxygen atoms in total. The molecule has 0 atom stereocenters. The zero-order chi connectivity index (χ0) is 17.9. The number of aromatic nitrogens is 4. The number of rotatable bonds is 5. The number of H-pyrrole nitrogens is 1.